The van der Waals surface area contributed by atoms with E-state index in [1.54, 1.807) is 0 Å². The summed E-state index contributed by atoms with van der Waals surface area (Å²) in [6.07, 6.45) is 2.86. The number of hydrogen-bond donors (Lipinski definition) is 0. The number of hydrogen-bond acceptors (Lipinski definition) is 1. The van der Waals surface area contributed by atoms with Crippen molar-refractivity contribution in [3.05, 3.63) is 0 Å². The highest BCUT2D eigenvalue weighted by Crippen LogP contribution is 2.52. The molecule has 0 aromatic rings. The van der Waals surface area contributed by atoms with Crippen molar-refractivity contribution in [3.8, 4) is 0 Å². The zero-order valence-electron chi connectivity index (χ0n) is 8.80. The van der Waals surface area contributed by atoms with Crippen LogP contribution in [0.25, 0.3) is 0 Å². The van der Waals surface area contributed by atoms with Gasteiger partial charge in [0, 0.05) is 18.1 Å². The zero-order valence-corrected chi connectivity index (χ0v) is 8.80. The summed E-state index contributed by atoms with van der Waals surface area (Å²) in [5.74, 6) is 2.13. The van der Waals surface area contributed by atoms with Crippen LogP contribution < -0.4 is 0 Å². The molecule has 0 spiro atoms. The van der Waals surface area contributed by atoms with Gasteiger partial charge in [-0.1, -0.05) is 6.92 Å². The zero-order chi connectivity index (χ0) is 8.93. The maximum atomic E-state index is 2.71. The Labute approximate surface area is 76.1 Å². The molecule has 1 aliphatic heterocycles. The topological polar surface area (TPSA) is 3.24 Å². The van der Waals surface area contributed by atoms with Crippen LogP contribution >= 0.6 is 0 Å². The summed E-state index contributed by atoms with van der Waals surface area (Å²) in [4.78, 5) is 2.71. The van der Waals surface area contributed by atoms with Crippen LogP contribution in [-0.2, 0) is 0 Å². The summed E-state index contributed by atoms with van der Waals surface area (Å²) in [7, 11) is 0. The quantitative estimate of drug-likeness (QED) is 0.580. The Morgan fingerprint density at radius 3 is 2.42 bits per heavy atom. The highest BCUT2D eigenvalue weighted by Gasteiger charge is 2.53. The largest absolute Gasteiger partial charge is 0.295 e. The summed E-state index contributed by atoms with van der Waals surface area (Å²) in [6.45, 7) is 10.7. The normalized spacial score (nSPS) is 41.5. The second kappa shape index (κ2) is 2.47. The molecule has 1 heterocycles. The maximum absolute atomic E-state index is 2.71. The van der Waals surface area contributed by atoms with Crippen LogP contribution in [0.1, 0.15) is 40.5 Å². The summed E-state index contributed by atoms with van der Waals surface area (Å²) >= 11 is 0. The Kier molecular flexibility index (Phi) is 1.76. The van der Waals surface area contributed by atoms with Gasteiger partial charge in [0.05, 0.1) is 0 Å². The van der Waals surface area contributed by atoms with Crippen molar-refractivity contribution in [1.82, 2.24) is 4.90 Å². The van der Waals surface area contributed by atoms with Crippen LogP contribution in [0.5, 0.6) is 0 Å². The van der Waals surface area contributed by atoms with E-state index in [1.807, 2.05) is 0 Å². The van der Waals surface area contributed by atoms with Gasteiger partial charge in [0.2, 0.25) is 0 Å². The Morgan fingerprint density at radius 2 is 2.00 bits per heavy atom. The van der Waals surface area contributed by atoms with E-state index in [1.165, 1.54) is 19.4 Å². The molecule has 12 heavy (non-hydrogen) atoms. The van der Waals surface area contributed by atoms with Gasteiger partial charge < -0.3 is 0 Å². The van der Waals surface area contributed by atoms with Crippen molar-refractivity contribution in [1.29, 1.82) is 0 Å². The number of likely N-dealkylation sites (tertiary alicyclic amines) is 1. The first-order valence-electron chi connectivity index (χ1n) is 5.30. The molecule has 70 valence electrons. The molecule has 2 fully saturated rings. The van der Waals surface area contributed by atoms with Crippen molar-refractivity contribution in [2.24, 2.45) is 11.8 Å². The van der Waals surface area contributed by atoms with Crippen molar-refractivity contribution < 1.29 is 0 Å². The van der Waals surface area contributed by atoms with Crippen molar-refractivity contribution >= 4 is 0 Å². The minimum atomic E-state index is 0.397. The Balaban J connectivity index is 2.08. The molecule has 1 saturated heterocycles. The first-order chi connectivity index (χ1) is 5.54. The fourth-order valence-electron chi connectivity index (χ4n) is 2.87. The molecule has 0 radical (unpaired) electrons. The van der Waals surface area contributed by atoms with Crippen LogP contribution in [0.2, 0.25) is 0 Å². The van der Waals surface area contributed by atoms with Gasteiger partial charge in [-0.05, 0) is 45.4 Å². The van der Waals surface area contributed by atoms with Crippen molar-refractivity contribution in [2.75, 3.05) is 6.54 Å². The fraction of sp³-hybridized carbons (Fsp3) is 1.00. The second-order valence-corrected chi connectivity index (χ2v) is 5.46. The summed E-state index contributed by atoms with van der Waals surface area (Å²) in [6, 6.07) is 0.898. The SMILES string of the molecule is CCC1C2CC2CN1C(C)(C)C. The van der Waals surface area contributed by atoms with E-state index in [0.717, 1.165) is 17.9 Å². The third-order valence-electron chi connectivity index (χ3n) is 3.58. The Hall–Kier alpha value is -0.0400. The smallest absolute Gasteiger partial charge is 0.0129 e. The first kappa shape index (κ1) is 8.55. The lowest BCUT2D eigenvalue weighted by molar-refractivity contribution is 0.0971. The van der Waals surface area contributed by atoms with Gasteiger partial charge in [-0.25, -0.2) is 0 Å². The molecular weight excluding hydrogens is 146 g/mol. The van der Waals surface area contributed by atoms with E-state index in [2.05, 4.69) is 32.6 Å². The van der Waals surface area contributed by atoms with Gasteiger partial charge in [0.15, 0.2) is 0 Å². The molecule has 2 aliphatic rings. The van der Waals surface area contributed by atoms with Gasteiger partial charge in [-0.3, -0.25) is 4.90 Å². The van der Waals surface area contributed by atoms with Crippen LogP contribution in [0, 0.1) is 11.8 Å². The Morgan fingerprint density at radius 1 is 1.33 bits per heavy atom. The molecule has 0 aromatic heterocycles. The van der Waals surface area contributed by atoms with Crippen LogP contribution in [0.4, 0.5) is 0 Å². The molecule has 0 N–H and O–H groups in total. The van der Waals surface area contributed by atoms with Gasteiger partial charge in [-0.15, -0.1) is 0 Å². The van der Waals surface area contributed by atoms with E-state index < -0.39 is 0 Å². The van der Waals surface area contributed by atoms with E-state index in [0.29, 0.717) is 5.54 Å². The van der Waals surface area contributed by atoms with Crippen molar-refractivity contribution in [2.45, 2.75) is 52.1 Å². The minimum absolute atomic E-state index is 0.397. The van der Waals surface area contributed by atoms with Crippen LogP contribution in [-0.4, -0.2) is 23.0 Å². The number of rotatable bonds is 1. The molecule has 1 saturated carbocycles. The monoisotopic (exact) mass is 167 g/mol. The average molecular weight is 167 g/mol. The number of fused-ring (bicyclic) bond motifs is 1. The summed E-state index contributed by atoms with van der Waals surface area (Å²) in [5, 5.41) is 0. The van der Waals surface area contributed by atoms with Crippen molar-refractivity contribution in [3.63, 3.8) is 0 Å². The van der Waals surface area contributed by atoms with Gasteiger partial charge in [0.1, 0.15) is 0 Å². The molecular formula is C11H21N. The highest BCUT2D eigenvalue weighted by atomic mass is 15.3. The van der Waals surface area contributed by atoms with E-state index in [4.69, 9.17) is 0 Å². The van der Waals surface area contributed by atoms with Crippen LogP contribution in [0.15, 0.2) is 0 Å². The highest BCUT2D eigenvalue weighted by molar-refractivity contribution is 5.06. The number of nitrogens with zero attached hydrogens (tertiary/aromatic N) is 1. The maximum Gasteiger partial charge on any atom is 0.0129 e. The van der Waals surface area contributed by atoms with E-state index in [9.17, 15) is 0 Å². The van der Waals surface area contributed by atoms with E-state index >= 15 is 0 Å². The third-order valence-corrected chi connectivity index (χ3v) is 3.58. The first-order valence-corrected chi connectivity index (χ1v) is 5.30. The molecule has 1 aliphatic carbocycles. The standard InChI is InChI=1S/C11H21N/c1-5-10-9-6-8(9)7-12(10)11(2,3)4/h8-10H,5-7H2,1-4H3. The lowest BCUT2D eigenvalue weighted by atomic mass is 10.0. The molecule has 1 nitrogen and oxygen atoms in total. The molecule has 0 amide bonds. The van der Waals surface area contributed by atoms with Crippen LogP contribution in [0.3, 0.4) is 0 Å². The molecule has 0 bridgehead atoms. The average Bonchev–Trinajstić information content (AvgIpc) is 2.61. The molecule has 3 atom stereocenters. The third kappa shape index (κ3) is 1.19. The number of piperidine rings is 1. The lowest BCUT2D eigenvalue weighted by Gasteiger charge is -2.38. The van der Waals surface area contributed by atoms with E-state index in [-0.39, 0.29) is 0 Å². The molecule has 0 aromatic carbocycles. The lowest BCUT2D eigenvalue weighted by Crippen LogP contribution is -2.46. The molecule has 1 heteroatoms. The Bertz CT molecular complexity index is 180. The van der Waals surface area contributed by atoms with Gasteiger partial charge in [-0.2, -0.15) is 0 Å². The summed E-state index contributed by atoms with van der Waals surface area (Å²) in [5.41, 5.74) is 0.397. The fourth-order valence-corrected chi connectivity index (χ4v) is 2.87. The predicted octanol–water partition coefficient (Wildman–Crippen LogP) is 2.52. The second-order valence-electron chi connectivity index (χ2n) is 5.46. The molecule has 3 unspecified atom stereocenters. The van der Waals surface area contributed by atoms with Gasteiger partial charge in [0.25, 0.3) is 0 Å². The minimum Gasteiger partial charge on any atom is -0.295 e. The van der Waals surface area contributed by atoms with Gasteiger partial charge >= 0.3 is 0 Å². The predicted molar refractivity (Wildman–Crippen MR) is 52.1 cm³/mol. The molecule has 2 rings (SSSR count). The summed E-state index contributed by atoms with van der Waals surface area (Å²) < 4.78 is 0.